The van der Waals surface area contributed by atoms with E-state index in [0.29, 0.717) is 0 Å². The molecule has 1 heterocycles. The highest BCUT2D eigenvalue weighted by molar-refractivity contribution is 5.97. The van der Waals surface area contributed by atoms with E-state index in [-0.39, 0.29) is 25.4 Å². The third-order valence-electron chi connectivity index (χ3n) is 2.98. The first-order valence-electron chi connectivity index (χ1n) is 6.65. The maximum absolute atomic E-state index is 13.4. The van der Waals surface area contributed by atoms with Crippen molar-refractivity contribution in [1.82, 2.24) is 10.2 Å². The van der Waals surface area contributed by atoms with Crippen molar-refractivity contribution in [3.8, 4) is 5.75 Å². The number of nitrogens with one attached hydrogen (secondary N) is 1. The van der Waals surface area contributed by atoms with Crippen molar-refractivity contribution in [3.63, 3.8) is 0 Å². The number of cyclic esters (lactones) is 1. The number of halogens is 1. The van der Waals surface area contributed by atoms with Crippen LogP contribution in [-0.2, 0) is 14.3 Å². The Balaban J connectivity index is 1.78. The second kappa shape index (κ2) is 6.88. The number of ether oxygens (including phenoxy) is 2. The van der Waals surface area contributed by atoms with Gasteiger partial charge in [-0.05, 0) is 19.1 Å². The van der Waals surface area contributed by atoms with Crippen LogP contribution in [0.15, 0.2) is 24.3 Å². The molecule has 0 spiro atoms. The number of imide groups is 1. The summed E-state index contributed by atoms with van der Waals surface area (Å²) in [5.41, 5.74) is 0. The summed E-state index contributed by atoms with van der Waals surface area (Å²) in [5.74, 6) is -1.52. The van der Waals surface area contributed by atoms with Crippen LogP contribution in [0.1, 0.15) is 6.92 Å². The van der Waals surface area contributed by atoms with Crippen LogP contribution in [0.25, 0.3) is 0 Å². The van der Waals surface area contributed by atoms with Crippen LogP contribution in [0.2, 0.25) is 0 Å². The van der Waals surface area contributed by atoms with Crippen LogP contribution in [0.3, 0.4) is 0 Å². The van der Waals surface area contributed by atoms with Crippen molar-refractivity contribution in [2.45, 2.75) is 13.0 Å². The molecule has 1 saturated heterocycles. The number of carbonyl (C=O) groups excluding carboxylic acids is 3. The van der Waals surface area contributed by atoms with Gasteiger partial charge in [0.1, 0.15) is 0 Å². The highest BCUT2D eigenvalue weighted by atomic mass is 19.1. The molecule has 0 saturated carbocycles. The van der Waals surface area contributed by atoms with E-state index in [9.17, 15) is 18.8 Å². The summed E-state index contributed by atoms with van der Waals surface area (Å²) in [6, 6.07) is 5.75. The van der Waals surface area contributed by atoms with E-state index in [2.05, 4.69) is 10.1 Å². The van der Waals surface area contributed by atoms with Gasteiger partial charge in [-0.1, -0.05) is 12.1 Å². The standard InChI is InChI=1S/C14H15FN2O5/c1-9(22-11-5-3-2-4-10(11)15)13(19)16-6-7-17-12(18)8-21-14(17)20/h2-5,9H,6-8H2,1H3,(H,16,19). The number of amides is 3. The Bertz CT molecular complexity index is 576. The minimum Gasteiger partial charge on any atom is -0.478 e. The molecule has 1 aliphatic rings. The van der Waals surface area contributed by atoms with E-state index in [1.165, 1.54) is 25.1 Å². The summed E-state index contributed by atoms with van der Waals surface area (Å²) in [7, 11) is 0. The molecule has 1 aromatic carbocycles. The molecule has 1 unspecified atom stereocenters. The van der Waals surface area contributed by atoms with Crippen molar-refractivity contribution in [3.05, 3.63) is 30.1 Å². The number of carbonyl (C=O) groups is 3. The van der Waals surface area contributed by atoms with E-state index >= 15 is 0 Å². The molecule has 0 bridgehead atoms. The molecule has 1 aliphatic heterocycles. The molecule has 0 aliphatic carbocycles. The predicted molar refractivity (Wildman–Crippen MR) is 72.6 cm³/mol. The largest absolute Gasteiger partial charge is 0.478 e. The average molecular weight is 310 g/mol. The third-order valence-corrected chi connectivity index (χ3v) is 2.98. The zero-order valence-corrected chi connectivity index (χ0v) is 11.9. The summed E-state index contributed by atoms with van der Waals surface area (Å²) >= 11 is 0. The first-order valence-corrected chi connectivity index (χ1v) is 6.65. The maximum atomic E-state index is 13.4. The van der Waals surface area contributed by atoms with Crippen LogP contribution in [0, 0.1) is 5.82 Å². The van der Waals surface area contributed by atoms with Gasteiger partial charge in [0.25, 0.3) is 11.8 Å². The molecule has 0 aromatic heterocycles. The highest BCUT2D eigenvalue weighted by Crippen LogP contribution is 2.16. The van der Waals surface area contributed by atoms with Crippen molar-refractivity contribution in [2.24, 2.45) is 0 Å². The average Bonchev–Trinajstić information content (AvgIpc) is 2.81. The van der Waals surface area contributed by atoms with E-state index in [1.807, 2.05) is 0 Å². The topological polar surface area (TPSA) is 84.9 Å². The molecule has 1 N–H and O–H groups in total. The zero-order chi connectivity index (χ0) is 16.1. The number of hydrogen-bond donors (Lipinski definition) is 1. The Morgan fingerprint density at radius 2 is 2.18 bits per heavy atom. The lowest BCUT2D eigenvalue weighted by Crippen LogP contribution is -2.42. The summed E-state index contributed by atoms with van der Waals surface area (Å²) in [4.78, 5) is 35.2. The fraction of sp³-hybridized carbons (Fsp3) is 0.357. The van der Waals surface area contributed by atoms with Crippen LogP contribution in [0.5, 0.6) is 5.75 Å². The van der Waals surface area contributed by atoms with Gasteiger partial charge in [-0.25, -0.2) is 14.1 Å². The van der Waals surface area contributed by atoms with Crippen molar-refractivity contribution >= 4 is 17.9 Å². The monoisotopic (exact) mass is 310 g/mol. The third kappa shape index (κ3) is 3.72. The summed E-state index contributed by atoms with van der Waals surface area (Å²) in [6.45, 7) is 1.26. The molecule has 8 heteroatoms. The Labute approximate surface area is 126 Å². The van der Waals surface area contributed by atoms with Gasteiger partial charge in [0.05, 0.1) is 0 Å². The maximum Gasteiger partial charge on any atom is 0.417 e. The van der Waals surface area contributed by atoms with Gasteiger partial charge in [-0.15, -0.1) is 0 Å². The summed E-state index contributed by atoms with van der Waals surface area (Å²) < 4.78 is 23.1. The lowest BCUT2D eigenvalue weighted by Gasteiger charge is -2.16. The van der Waals surface area contributed by atoms with E-state index < -0.39 is 29.8 Å². The minimum absolute atomic E-state index is 0.00975. The minimum atomic E-state index is -0.918. The van der Waals surface area contributed by atoms with Gasteiger partial charge in [0, 0.05) is 13.1 Å². The molecular weight excluding hydrogens is 295 g/mol. The Kier molecular flexibility index (Phi) is 4.92. The first-order chi connectivity index (χ1) is 10.5. The lowest BCUT2D eigenvalue weighted by atomic mass is 10.3. The predicted octanol–water partition coefficient (Wildman–Crippen LogP) is 0.688. The van der Waals surface area contributed by atoms with Gasteiger partial charge >= 0.3 is 6.09 Å². The van der Waals surface area contributed by atoms with E-state index in [1.54, 1.807) is 6.07 Å². The molecule has 1 fully saturated rings. The second-order valence-electron chi connectivity index (χ2n) is 4.58. The highest BCUT2D eigenvalue weighted by Gasteiger charge is 2.30. The van der Waals surface area contributed by atoms with Gasteiger partial charge in [-0.2, -0.15) is 0 Å². The summed E-state index contributed by atoms with van der Waals surface area (Å²) in [5, 5.41) is 2.50. The Hall–Kier alpha value is -2.64. The number of benzene rings is 1. The van der Waals surface area contributed by atoms with Gasteiger partial charge < -0.3 is 14.8 Å². The van der Waals surface area contributed by atoms with Gasteiger partial charge in [0.15, 0.2) is 24.3 Å². The van der Waals surface area contributed by atoms with E-state index in [4.69, 9.17) is 4.74 Å². The molecule has 118 valence electrons. The molecule has 0 radical (unpaired) electrons. The molecule has 22 heavy (non-hydrogen) atoms. The molecule has 2 rings (SSSR count). The van der Waals surface area contributed by atoms with E-state index in [0.717, 1.165) is 4.90 Å². The number of para-hydroxylation sites is 1. The normalized spacial score (nSPS) is 15.5. The van der Waals surface area contributed by atoms with Crippen molar-refractivity contribution in [2.75, 3.05) is 19.7 Å². The van der Waals surface area contributed by atoms with Crippen molar-refractivity contribution < 1.29 is 28.2 Å². The molecular formula is C14H15FN2O5. The number of hydrogen-bond acceptors (Lipinski definition) is 5. The van der Waals surface area contributed by atoms with Crippen LogP contribution >= 0.6 is 0 Å². The fourth-order valence-electron chi connectivity index (χ4n) is 1.82. The first kappa shape index (κ1) is 15.7. The van der Waals surface area contributed by atoms with Crippen molar-refractivity contribution in [1.29, 1.82) is 0 Å². The molecule has 3 amide bonds. The van der Waals surface area contributed by atoms with Crippen LogP contribution < -0.4 is 10.1 Å². The van der Waals surface area contributed by atoms with Gasteiger partial charge in [-0.3, -0.25) is 9.59 Å². The molecule has 1 aromatic rings. The Morgan fingerprint density at radius 3 is 2.82 bits per heavy atom. The molecule has 1 atom stereocenters. The molecule has 7 nitrogen and oxygen atoms in total. The fourth-order valence-corrected chi connectivity index (χ4v) is 1.82. The number of nitrogens with zero attached hydrogens (tertiary/aromatic N) is 1. The summed E-state index contributed by atoms with van der Waals surface area (Å²) in [6.07, 6.45) is -1.65. The van der Waals surface area contributed by atoms with Crippen LogP contribution in [-0.4, -0.2) is 48.6 Å². The lowest BCUT2D eigenvalue weighted by molar-refractivity contribution is -0.128. The smallest absolute Gasteiger partial charge is 0.417 e. The second-order valence-corrected chi connectivity index (χ2v) is 4.58. The van der Waals surface area contributed by atoms with Gasteiger partial charge in [0.2, 0.25) is 0 Å². The zero-order valence-electron chi connectivity index (χ0n) is 11.9. The Morgan fingerprint density at radius 1 is 1.45 bits per heavy atom. The SMILES string of the molecule is CC(Oc1ccccc1F)C(=O)NCCN1C(=O)COC1=O. The quantitative estimate of drug-likeness (QED) is 0.835. The van der Waals surface area contributed by atoms with Crippen LogP contribution in [0.4, 0.5) is 9.18 Å². The number of rotatable bonds is 6.